The number of nitrogens with zero attached hydrogens (tertiary/aromatic N) is 4. The molecule has 0 bridgehead atoms. The van der Waals surface area contributed by atoms with Crippen molar-refractivity contribution in [1.29, 1.82) is 0 Å². The van der Waals surface area contributed by atoms with Gasteiger partial charge in [-0.25, -0.2) is 5.10 Å². The predicted molar refractivity (Wildman–Crippen MR) is 99.6 cm³/mol. The van der Waals surface area contributed by atoms with Gasteiger partial charge < -0.3 is 14.4 Å². The number of piperazine rings is 1. The molecule has 0 unspecified atom stereocenters. The minimum atomic E-state index is -0.350. The highest BCUT2D eigenvalue weighted by Crippen LogP contribution is 2.22. The van der Waals surface area contributed by atoms with Crippen molar-refractivity contribution in [3.8, 4) is 0 Å². The minimum Gasteiger partial charge on any atom is -0.350 e. The molecular formula is C19H19N5O3. The molecule has 1 aromatic carbocycles. The summed E-state index contributed by atoms with van der Waals surface area (Å²) in [5.41, 5.74) is 1.54. The number of hydrogen-bond donors (Lipinski definition) is 1. The third-order valence-electron chi connectivity index (χ3n) is 4.88. The Labute approximate surface area is 155 Å². The summed E-state index contributed by atoms with van der Waals surface area (Å²) in [6.45, 7) is 1.76. The highest BCUT2D eigenvalue weighted by Gasteiger charge is 2.27. The second-order valence-corrected chi connectivity index (χ2v) is 6.56. The number of fused-ring (bicyclic) bond motifs is 1. The molecule has 138 valence electrons. The Kier molecular flexibility index (Phi) is 4.23. The summed E-state index contributed by atoms with van der Waals surface area (Å²) in [6.07, 6.45) is 1.86. The smallest absolute Gasteiger partial charge is 0.274 e. The summed E-state index contributed by atoms with van der Waals surface area (Å²) in [7, 11) is 1.92. The number of rotatable bonds is 2. The molecule has 3 aromatic rings. The molecule has 0 radical (unpaired) electrons. The van der Waals surface area contributed by atoms with E-state index in [0.29, 0.717) is 31.7 Å². The molecular weight excluding hydrogens is 346 g/mol. The van der Waals surface area contributed by atoms with Crippen LogP contribution in [0.4, 0.5) is 0 Å². The van der Waals surface area contributed by atoms with Crippen LogP contribution < -0.4 is 5.56 Å². The lowest BCUT2D eigenvalue weighted by Crippen LogP contribution is -2.50. The van der Waals surface area contributed by atoms with E-state index in [2.05, 4.69) is 10.2 Å². The van der Waals surface area contributed by atoms with Gasteiger partial charge in [0.1, 0.15) is 5.69 Å². The Morgan fingerprint density at radius 1 is 0.963 bits per heavy atom. The van der Waals surface area contributed by atoms with Crippen LogP contribution >= 0.6 is 0 Å². The van der Waals surface area contributed by atoms with Crippen LogP contribution in [-0.4, -0.2) is 62.6 Å². The Hall–Kier alpha value is -3.42. The van der Waals surface area contributed by atoms with Crippen molar-refractivity contribution in [2.24, 2.45) is 7.05 Å². The first-order valence-electron chi connectivity index (χ1n) is 8.73. The quantitative estimate of drug-likeness (QED) is 0.729. The number of aryl methyl sites for hydroxylation is 1. The number of carbonyl (C=O) groups excluding carboxylic acids is 2. The first-order valence-corrected chi connectivity index (χ1v) is 8.73. The molecule has 0 aliphatic carbocycles. The molecule has 1 fully saturated rings. The molecule has 2 amide bonds. The van der Waals surface area contributed by atoms with Crippen LogP contribution in [0.15, 0.2) is 47.4 Å². The van der Waals surface area contributed by atoms with Gasteiger partial charge in [0.05, 0.1) is 5.56 Å². The van der Waals surface area contributed by atoms with Crippen LogP contribution in [0.5, 0.6) is 0 Å². The van der Waals surface area contributed by atoms with Crippen molar-refractivity contribution in [3.05, 3.63) is 64.2 Å². The van der Waals surface area contributed by atoms with Crippen LogP contribution in [0.3, 0.4) is 0 Å². The van der Waals surface area contributed by atoms with E-state index in [0.717, 1.165) is 10.9 Å². The first-order chi connectivity index (χ1) is 13.0. The molecule has 8 nitrogen and oxygen atoms in total. The van der Waals surface area contributed by atoms with Gasteiger partial charge in [0, 0.05) is 56.4 Å². The van der Waals surface area contributed by atoms with Crippen molar-refractivity contribution in [2.45, 2.75) is 0 Å². The van der Waals surface area contributed by atoms with Gasteiger partial charge in [0.15, 0.2) is 0 Å². The van der Waals surface area contributed by atoms with Gasteiger partial charge in [-0.1, -0.05) is 18.2 Å². The van der Waals surface area contributed by atoms with Gasteiger partial charge in [-0.05, 0) is 12.1 Å². The second kappa shape index (κ2) is 6.71. The zero-order valence-corrected chi connectivity index (χ0v) is 14.9. The molecule has 2 aromatic heterocycles. The predicted octanol–water partition coefficient (Wildman–Crippen LogP) is 0.860. The van der Waals surface area contributed by atoms with Crippen LogP contribution in [0.2, 0.25) is 0 Å². The molecule has 0 saturated carbocycles. The normalized spacial score (nSPS) is 14.6. The third-order valence-corrected chi connectivity index (χ3v) is 4.88. The minimum absolute atomic E-state index is 0.0268. The van der Waals surface area contributed by atoms with E-state index in [1.165, 1.54) is 12.1 Å². The number of para-hydroxylation sites is 1. The average molecular weight is 365 g/mol. The Balaban J connectivity index is 1.47. The van der Waals surface area contributed by atoms with Gasteiger partial charge in [-0.15, -0.1) is 0 Å². The van der Waals surface area contributed by atoms with Gasteiger partial charge >= 0.3 is 0 Å². The van der Waals surface area contributed by atoms with Crippen LogP contribution in [0.25, 0.3) is 10.9 Å². The van der Waals surface area contributed by atoms with Gasteiger partial charge in [0.25, 0.3) is 17.4 Å². The zero-order chi connectivity index (χ0) is 19.0. The van der Waals surface area contributed by atoms with Gasteiger partial charge in [-0.2, -0.15) is 5.10 Å². The zero-order valence-electron chi connectivity index (χ0n) is 14.9. The fourth-order valence-corrected chi connectivity index (χ4v) is 3.42. The Bertz CT molecular complexity index is 1060. The summed E-state index contributed by atoms with van der Waals surface area (Å²) in [6, 6.07) is 10.5. The van der Waals surface area contributed by atoms with E-state index in [1.54, 1.807) is 9.80 Å². The molecule has 1 saturated heterocycles. The van der Waals surface area contributed by atoms with Crippen molar-refractivity contribution in [3.63, 3.8) is 0 Å². The maximum Gasteiger partial charge on any atom is 0.274 e. The number of H-pyrrole nitrogens is 1. The summed E-state index contributed by atoms with van der Waals surface area (Å²) in [4.78, 5) is 39.9. The van der Waals surface area contributed by atoms with E-state index in [9.17, 15) is 14.4 Å². The first kappa shape index (κ1) is 17.0. The molecule has 1 N–H and O–H groups in total. The SMILES string of the molecule is Cn1cc(C(=O)N2CCN(C(=O)c3ccc(=O)[nH]n3)CC2)c2ccccc21. The topological polar surface area (TPSA) is 91.3 Å². The number of benzene rings is 1. The monoisotopic (exact) mass is 365 g/mol. The molecule has 8 heteroatoms. The standard InChI is InChI=1S/C19H19N5O3/c1-22-12-14(13-4-2-3-5-16(13)22)18(26)23-8-10-24(11-9-23)19(27)15-6-7-17(25)21-20-15/h2-7,12H,8-11H2,1H3,(H,21,25). The van der Waals surface area contributed by atoms with Crippen LogP contribution in [0, 0.1) is 0 Å². The number of aromatic nitrogens is 3. The molecule has 1 aliphatic rings. The van der Waals surface area contributed by atoms with Crippen LogP contribution in [0.1, 0.15) is 20.8 Å². The van der Waals surface area contributed by atoms with Gasteiger partial charge in [-0.3, -0.25) is 14.4 Å². The average Bonchev–Trinajstić information content (AvgIpc) is 3.05. The highest BCUT2D eigenvalue weighted by molar-refractivity contribution is 6.07. The molecule has 0 atom stereocenters. The lowest BCUT2D eigenvalue weighted by molar-refractivity contribution is 0.0532. The van der Waals surface area contributed by atoms with Crippen molar-refractivity contribution >= 4 is 22.7 Å². The molecule has 0 spiro atoms. The second-order valence-electron chi connectivity index (χ2n) is 6.56. The number of amides is 2. The summed E-state index contributed by atoms with van der Waals surface area (Å²) < 4.78 is 1.95. The number of hydrogen-bond acceptors (Lipinski definition) is 4. The maximum absolute atomic E-state index is 13.0. The van der Waals surface area contributed by atoms with Crippen LogP contribution in [-0.2, 0) is 7.05 Å². The number of nitrogens with one attached hydrogen (secondary N) is 1. The summed E-state index contributed by atoms with van der Waals surface area (Å²) >= 11 is 0. The number of aromatic amines is 1. The molecule has 27 heavy (non-hydrogen) atoms. The van der Waals surface area contributed by atoms with Gasteiger partial charge in [0.2, 0.25) is 0 Å². The fraction of sp³-hybridized carbons (Fsp3) is 0.263. The lowest BCUT2D eigenvalue weighted by atomic mass is 10.1. The van der Waals surface area contributed by atoms with E-state index in [-0.39, 0.29) is 23.1 Å². The van der Waals surface area contributed by atoms with E-state index < -0.39 is 0 Å². The fourth-order valence-electron chi connectivity index (χ4n) is 3.42. The summed E-state index contributed by atoms with van der Waals surface area (Å²) in [5.74, 6) is -0.274. The lowest BCUT2D eigenvalue weighted by Gasteiger charge is -2.34. The van der Waals surface area contributed by atoms with Crippen molar-refractivity contribution < 1.29 is 9.59 Å². The Morgan fingerprint density at radius 2 is 1.63 bits per heavy atom. The maximum atomic E-state index is 13.0. The largest absolute Gasteiger partial charge is 0.350 e. The number of carbonyl (C=O) groups is 2. The summed E-state index contributed by atoms with van der Waals surface area (Å²) in [5, 5.41) is 6.98. The van der Waals surface area contributed by atoms with E-state index in [1.807, 2.05) is 42.1 Å². The van der Waals surface area contributed by atoms with Crippen molar-refractivity contribution in [2.75, 3.05) is 26.2 Å². The molecule has 1 aliphatic heterocycles. The van der Waals surface area contributed by atoms with E-state index in [4.69, 9.17) is 0 Å². The van der Waals surface area contributed by atoms with E-state index >= 15 is 0 Å². The Morgan fingerprint density at radius 3 is 2.30 bits per heavy atom. The highest BCUT2D eigenvalue weighted by atomic mass is 16.2. The van der Waals surface area contributed by atoms with Crippen molar-refractivity contribution in [1.82, 2.24) is 24.6 Å². The molecule has 3 heterocycles. The molecule has 4 rings (SSSR count). The third kappa shape index (κ3) is 3.10.